The Morgan fingerprint density at radius 1 is 1.08 bits per heavy atom. The van der Waals surface area contributed by atoms with Crippen LogP contribution in [0.25, 0.3) is 5.69 Å². The van der Waals surface area contributed by atoms with Crippen molar-refractivity contribution in [3.05, 3.63) is 42.0 Å². The molecule has 2 atom stereocenters. The van der Waals surface area contributed by atoms with Crippen LogP contribution in [-0.2, 0) is 25.4 Å². The fourth-order valence-electron chi connectivity index (χ4n) is 6.27. The summed E-state index contributed by atoms with van der Waals surface area (Å²) in [6, 6.07) is 5.72. The summed E-state index contributed by atoms with van der Waals surface area (Å²) in [6.45, 7) is 15.7. The third-order valence-electron chi connectivity index (χ3n) is 8.48. The number of hydrogen-bond donors (Lipinski definition) is 0. The monoisotopic (exact) mass is 669 g/mol. The van der Waals surface area contributed by atoms with Crippen LogP contribution in [0.5, 0.6) is 5.75 Å². The lowest BCUT2D eigenvalue weighted by molar-refractivity contribution is -0.142. The quantitative estimate of drug-likeness (QED) is 0.279. The first-order valence-corrected chi connectivity index (χ1v) is 17.3. The zero-order valence-corrected chi connectivity index (χ0v) is 29.9. The van der Waals surface area contributed by atoms with Crippen LogP contribution in [0, 0.1) is 11.8 Å². The molecular formula is C36H55N5O7. The maximum atomic E-state index is 14.3. The molecule has 2 aliphatic heterocycles. The van der Waals surface area contributed by atoms with Gasteiger partial charge in [0.1, 0.15) is 23.4 Å². The summed E-state index contributed by atoms with van der Waals surface area (Å²) in [4.78, 5) is 51.3. The van der Waals surface area contributed by atoms with Gasteiger partial charge < -0.3 is 38.2 Å². The second-order valence-electron chi connectivity index (χ2n) is 14.1. The van der Waals surface area contributed by atoms with E-state index in [1.54, 1.807) is 29.4 Å². The number of morpholine rings is 1. The minimum absolute atomic E-state index is 0.0247. The highest BCUT2D eigenvalue weighted by Crippen LogP contribution is 2.29. The molecule has 1 aromatic carbocycles. The second-order valence-corrected chi connectivity index (χ2v) is 14.1. The van der Waals surface area contributed by atoms with Gasteiger partial charge in [0, 0.05) is 52.6 Å². The van der Waals surface area contributed by atoms with Crippen molar-refractivity contribution in [2.45, 2.75) is 78.9 Å². The normalized spacial score (nSPS) is 18.6. The van der Waals surface area contributed by atoms with E-state index in [4.69, 9.17) is 18.9 Å². The number of aryl methyl sites for hydroxylation is 1. The molecular weight excluding hydrogens is 614 g/mol. The number of rotatable bonds is 13. The van der Waals surface area contributed by atoms with Crippen molar-refractivity contribution in [1.29, 1.82) is 0 Å². The first-order valence-electron chi connectivity index (χ1n) is 17.3. The molecule has 0 spiro atoms. The number of ether oxygens (including phenoxy) is 4. The Morgan fingerprint density at radius 2 is 1.83 bits per heavy atom. The number of carbonyl (C=O) groups excluding carboxylic acids is 3. The fourth-order valence-corrected chi connectivity index (χ4v) is 6.27. The zero-order chi connectivity index (χ0) is 34.8. The average Bonchev–Trinajstić information content (AvgIpc) is 3.55. The topological polar surface area (TPSA) is 116 Å². The number of carbonyl (C=O) groups is 3. The van der Waals surface area contributed by atoms with Crippen molar-refractivity contribution in [3.63, 3.8) is 0 Å². The van der Waals surface area contributed by atoms with Gasteiger partial charge in [0.25, 0.3) is 5.91 Å². The van der Waals surface area contributed by atoms with E-state index in [0.717, 1.165) is 37.1 Å². The number of aromatic nitrogens is 2. The highest BCUT2D eigenvalue weighted by molar-refractivity contribution is 5.92. The molecule has 2 fully saturated rings. The largest absolute Gasteiger partial charge is 0.492 e. The minimum Gasteiger partial charge on any atom is -0.492 e. The molecule has 0 saturated carbocycles. The summed E-state index contributed by atoms with van der Waals surface area (Å²) in [5.74, 6) is 0.0989. The third kappa shape index (κ3) is 10.2. The van der Waals surface area contributed by atoms with E-state index < -0.39 is 23.7 Å². The van der Waals surface area contributed by atoms with Crippen LogP contribution in [0.4, 0.5) is 4.79 Å². The van der Waals surface area contributed by atoms with Crippen molar-refractivity contribution in [1.82, 2.24) is 24.3 Å². The molecule has 1 aromatic heterocycles. The molecule has 12 heteroatoms. The molecule has 2 aliphatic rings. The standard InChI is InChI=1S/C36H55N5O7/c1-8-47-32-13-12-27(11-9-10-16-45-7)19-31(32)40-24-30(37-25-40)34(43)41(21-26(2)3)29-20-28(33(42)38-14-17-46-18-15-38)22-39(23-29)35(44)48-36(4,5)6/h12-13,19,24-26,28-29H,8-11,14-18,20-23H2,1-7H3/t28-,29+/m1/s1. The Kier molecular flexibility index (Phi) is 13.3. The van der Waals surface area contributed by atoms with Crippen molar-refractivity contribution < 1.29 is 33.3 Å². The Hall–Kier alpha value is -3.64. The molecule has 0 radical (unpaired) electrons. The Labute approximate surface area is 285 Å². The smallest absolute Gasteiger partial charge is 0.410 e. The van der Waals surface area contributed by atoms with Crippen molar-refractivity contribution in [3.8, 4) is 11.4 Å². The number of likely N-dealkylation sites (tertiary alicyclic amines) is 1. The van der Waals surface area contributed by atoms with Crippen LogP contribution in [0.1, 0.15) is 76.9 Å². The van der Waals surface area contributed by atoms with Gasteiger partial charge in [0.2, 0.25) is 5.91 Å². The molecule has 2 aromatic rings. The van der Waals surface area contributed by atoms with Crippen LogP contribution in [0.15, 0.2) is 30.7 Å². The fraction of sp³-hybridized carbons (Fsp3) is 0.667. The summed E-state index contributed by atoms with van der Waals surface area (Å²) in [5, 5.41) is 0. The first-order chi connectivity index (χ1) is 22.9. The Balaban J connectivity index is 1.62. The van der Waals surface area contributed by atoms with E-state index in [1.807, 2.05) is 43.2 Å². The SMILES string of the molecule is CCOc1ccc(CCCCOC)cc1-n1cnc(C(=O)N(CC(C)C)[C@H]2C[C@@H](C(=O)N3CCOCC3)CN(C(=O)OC(C)(C)C)C2)c1. The van der Waals surface area contributed by atoms with Crippen LogP contribution in [-0.4, -0.2) is 120 Å². The molecule has 2 saturated heterocycles. The lowest BCUT2D eigenvalue weighted by atomic mass is 9.91. The van der Waals surface area contributed by atoms with Crippen molar-refractivity contribution in [2.75, 3.05) is 66.3 Å². The zero-order valence-electron chi connectivity index (χ0n) is 29.9. The summed E-state index contributed by atoms with van der Waals surface area (Å²) in [5.41, 5.74) is 1.56. The molecule has 0 bridgehead atoms. The summed E-state index contributed by atoms with van der Waals surface area (Å²) in [6.07, 6.45) is 6.20. The molecule has 266 valence electrons. The van der Waals surface area contributed by atoms with Crippen molar-refractivity contribution in [2.24, 2.45) is 11.8 Å². The predicted molar refractivity (Wildman–Crippen MR) is 183 cm³/mol. The number of nitrogens with zero attached hydrogens (tertiary/aromatic N) is 5. The Morgan fingerprint density at radius 3 is 2.50 bits per heavy atom. The van der Waals surface area contributed by atoms with Gasteiger partial charge in [0.15, 0.2) is 0 Å². The molecule has 12 nitrogen and oxygen atoms in total. The molecule has 3 amide bonds. The van der Waals surface area contributed by atoms with E-state index in [1.165, 1.54) is 0 Å². The van der Waals surface area contributed by atoms with Gasteiger partial charge in [0.05, 0.1) is 37.5 Å². The van der Waals surface area contributed by atoms with E-state index in [2.05, 4.69) is 31.0 Å². The maximum absolute atomic E-state index is 14.3. The summed E-state index contributed by atoms with van der Waals surface area (Å²) >= 11 is 0. The highest BCUT2D eigenvalue weighted by Gasteiger charge is 2.41. The lowest BCUT2D eigenvalue weighted by Gasteiger charge is -2.44. The summed E-state index contributed by atoms with van der Waals surface area (Å²) in [7, 11) is 1.71. The molecule has 0 aliphatic carbocycles. The number of piperidine rings is 1. The third-order valence-corrected chi connectivity index (χ3v) is 8.48. The van der Waals surface area contributed by atoms with Crippen LogP contribution >= 0.6 is 0 Å². The highest BCUT2D eigenvalue weighted by atomic mass is 16.6. The van der Waals surface area contributed by atoms with Crippen LogP contribution in [0.3, 0.4) is 0 Å². The van der Waals surface area contributed by atoms with Crippen LogP contribution in [0.2, 0.25) is 0 Å². The predicted octanol–water partition coefficient (Wildman–Crippen LogP) is 4.82. The van der Waals surface area contributed by atoms with Gasteiger partial charge in [-0.05, 0) is 77.0 Å². The van der Waals surface area contributed by atoms with Gasteiger partial charge in [-0.1, -0.05) is 19.9 Å². The van der Waals surface area contributed by atoms with Gasteiger partial charge in [-0.25, -0.2) is 9.78 Å². The maximum Gasteiger partial charge on any atom is 0.410 e. The summed E-state index contributed by atoms with van der Waals surface area (Å²) < 4.78 is 24.2. The molecule has 4 rings (SSSR count). The van der Waals surface area contributed by atoms with E-state index in [9.17, 15) is 14.4 Å². The number of methoxy groups -OCH3 is 1. The van der Waals surface area contributed by atoms with Gasteiger partial charge in [-0.2, -0.15) is 0 Å². The van der Waals surface area contributed by atoms with Crippen molar-refractivity contribution >= 4 is 17.9 Å². The molecule has 48 heavy (non-hydrogen) atoms. The first kappa shape index (κ1) is 37.2. The van der Waals surface area contributed by atoms with Gasteiger partial charge in [-0.3, -0.25) is 9.59 Å². The van der Waals surface area contributed by atoms with Gasteiger partial charge in [-0.15, -0.1) is 0 Å². The number of imidazole rings is 1. The minimum atomic E-state index is -0.699. The molecule has 3 heterocycles. The second kappa shape index (κ2) is 17.1. The van der Waals surface area contributed by atoms with E-state index in [0.29, 0.717) is 51.6 Å². The lowest BCUT2D eigenvalue weighted by Crippen LogP contribution is -2.58. The number of unbranched alkanes of at least 4 members (excludes halogenated alkanes) is 1. The van der Waals surface area contributed by atoms with Crippen LogP contribution < -0.4 is 4.74 Å². The molecule has 0 unspecified atom stereocenters. The van der Waals surface area contributed by atoms with E-state index in [-0.39, 0.29) is 36.5 Å². The average molecular weight is 670 g/mol. The van der Waals surface area contributed by atoms with E-state index >= 15 is 0 Å². The number of amides is 3. The molecule has 0 N–H and O–H groups in total. The van der Waals surface area contributed by atoms with Gasteiger partial charge >= 0.3 is 6.09 Å². The Bertz CT molecular complexity index is 1360. The number of benzene rings is 1. The number of hydrogen-bond acceptors (Lipinski definition) is 8.